The summed E-state index contributed by atoms with van der Waals surface area (Å²) in [5, 5.41) is 9.30. The first-order valence-electron chi connectivity index (χ1n) is 5.51. The Morgan fingerprint density at radius 3 is 2.76 bits per heavy atom. The number of aliphatic hydroxyl groups is 1. The SMILES string of the molecule is OCc1cncn1C1(c2ccc(Br)cn2)CC1. The molecule has 0 radical (unpaired) electrons. The molecule has 1 aliphatic carbocycles. The molecule has 1 fully saturated rings. The summed E-state index contributed by atoms with van der Waals surface area (Å²) in [5.74, 6) is 0. The van der Waals surface area contributed by atoms with E-state index in [4.69, 9.17) is 0 Å². The van der Waals surface area contributed by atoms with Gasteiger partial charge in [-0.3, -0.25) is 4.98 Å². The molecule has 1 aliphatic rings. The lowest BCUT2D eigenvalue weighted by Gasteiger charge is -2.19. The molecule has 1 saturated carbocycles. The Bertz CT molecular complexity index is 531. The average Bonchev–Trinajstić information content (AvgIpc) is 3.01. The van der Waals surface area contributed by atoms with E-state index in [9.17, 15) is 5.11 Å². The summed E-state index contributed by atoms with van der Waals surface area (Å²) < 4.78 is 3.02. The summed E-state index contributed by atoms with van der Waals surface area (Å²) in [6.07, 6.45) is 7.39. The first-order chi connectivity index (χ1) is 8.26. The molecule has 2 heterocycles. The first-order valence-corrected chi connectivity index (χ1v) is 6.30. The van der Waals surface area contributed by atoms with Crippen LogP contribution in [0.15, 0.2) is 35.3 Å². The van der Waals surface area contributed by atoms with Gasteiger partial charge in [0.15, 0.2) is 0 Å². The van der Waals surface area contributed by atoms with Gasteiger partial charge in [0.05, 0.1) is 36.1 Å². The maximum atomic E-state index is 9.30. The standard InChI is InChI=1S/C12H12BrN3O/c13-9-1-2-11(15-5-9)12(3-4-12)16-8-14-6-10(16)7-17/h1-2,5-6,8,17H,3-4,7H2. The van der Waals surface area contributed by atoms with Crippen LogP contribution in [-0.4, -0.2) is 19.6 Å². The van der Waals surface area contributed by atoms with Crippen molar-refractivity contribution in [3.8, 4) is 0 Å². The van der Waals surface area contributed by atoms with Gasteiger partial charge in [0.1, 0.15) is 0 Å². The van der Waals surface area contributed by atoms with Gasteiger partial charge in [-0.2, -0.15) is 0 Å². The Balaban J connectivity index is 2.04. The van der Waals surface area contributed by atoms with Crippen LogP contribution in [0.5, 0.6) is 0 Å². The molecular weight excluding hydrogens is 282 g/mol. The van der Waals surface area contributed by atoms with Crippen LogP contribution in [0.2, 0.25) is 0 Å². The summed E-state index contributed by atoms with van der Waals surface area (Å²) in [7, 11) is 0. The molecule has 3 rings (SSSR count). The molecule has 0 amide bonds. The molecule has 0 unspecified atom stereocenters. The van der Waals surface area contributed by atoms with Gasteiger partial charge >= 0.3 is 0 Å². The van der Waals surface area contributed by atoms with Crippen molar-refractivity contribution in [1.82, 2.24) is 14.5 Å². The van der Waals surface area contributed by atoms with E-state index in [-0.39, 0.29) is 12.1 Å². The minimum Gasteiger partial charge on any atom is -0.390 e. The van der Waals surface area contributed by atoms with Gasteiger partial charge in [-0.15, -0.1) is 0 Å². The number of hydrogen-bond acceptors (Lipinski definition) is 3. The zero-order valence-electron chi connectivity index (χ0n) is 9.17. The summed E-state index contributed by atoms with van der Waals surface area (Å²) in [5.41, 5.74) is 1.79. The third-order valence-electron chi connectivity index (χ3n) is 3.27. The lowest BCUT2D eigenvalue weighted by Crippen LogP contribution is -2.21. The lowest BCUT2D eigenvalue weighted by molar-refractivity contribution is 0.266. The average molecular weight is 294 g/mol. The second-order valence-electron chi connectivity index (χ2n) is 4.31. The Hall–Kier alpha value is -1.20. The van der Waals surface area contributed by atoms with Gasteiger partial charge in [-0.05, 0) is 40.9 Å². The zero-order valence-corrected chi connectivity index (χ0v) is 10.8. The number of nitrogens with zero attached hydrogens (tertiary/aromatic N) is 3. The highest BCUT2D eigenvalue weighted by atomic mass is 79.9. The van der Waals surface area contributed by atoms with Crippen LogP contribution in [0.25, 0.3) is 0 Å². The van der Waals surface area contributed by atoms with Crippen molar-refractivity contribution < 1.29 is 5.11 Å². The summed E-state index contributed by atoms with van der Waals surface area (Å²) in [4.78, 5) is 8.57. The summed E-state index contributed by atoms with van der Waals surface area (Å²) in [6, 6.07) is 4.02. The van der Waals surface area contributed by atoms with Crippen molar-refractivity contribution >= 4 is 15.9 Å². The number of halogens is 1. The van der Waals surface area contributed by atoms with E-state index in [1.54, 1.807) is 12.5 Å². The highest BCUT2D eigenvalue weighted by Gasteiger charge is 2.48. The van der Waals surface area contributed by atoms with E-state index in [1.165, 1.54) is 0 Å². The van der Waals surface area contributed by atoms with Crippen LogP contribution in [0.1, 0.15) is 24.2 Å². The van der Waals surface area contributed by atoms with Crippen LogP contribution in [0.4, 0.5) is 0 Å². The highest BCUT2D eigenvalue weighted by molar-refractivity contribution is 9.10. The molecule has 0 bridgehead atoms. The van der Waals surface area contributed by atoms with E-state index in [1.807, 2.05) is 22.9 Å². The van der Waals surface area contributed by atoms with Gasteiger partial charge in [0.25, 0.3) is 0 Å². The largest absolute Gasteiger partial charge is 0.390 e. The van der Waals surface area contributed by atoms with Crippen LogP contribution in [-0.2, 0) is 12.1 Å². The van der Waals surface area contributed by atoms with E-state index in [2.05, 4.69) is 25.9 Å². The fourth-order valence-corrected chi connectivity index (χ4v) is 2.45. The number of aromatic nitrogens is 3. The summed E-state index contributed by atoms with van der Waals surface area (Å²) >= 11 is 3.39. The normalized spacial score (nSPS) is 17.1. The maximum Gasteiger partial charge on any atom is 0.0957 e. The predicted octanol–water partition coefficient (Wildman–Crippen LogP) is 2.07. The fourth-order valence-electron chi connectivity index (χ4n) is 2.21. The van der Waals surface area contributed by atoms with E-state index < -0.39 is 0 Å². The molecule has 0 spiro atoms. The predicted molar refractivity (Wildman–Crippen MR) is 66.4 cm³/mol. The quantitative estimate of drug-likeness (QED) is 0.943. The molecule has 2 aromatic rings. The van der Waals surface area contributed by atoms with Crippen molar-refractivity contribution in [2.24, 2.45) is 0 Å². The highest BCUT2D eigenvalue weighted by Crippen LogP contribution is 2.49. The number of rotatable bonds is 3. The number of imidazole rings is 1. The van der Waals surface area contributed by atoms with E-state index in [0.29, 0.717) is 0 Å². The Morgan fingerprint density at radius 2 is 2.18 bits per heavy atom. The molecule has 5 heteroatoms. The molecule has 0 saturated heterocycles. The molecule has 0 atom stereocenters. The molecule has 2 aromatic heterocycles. The second-order valence-corrected chi connectivity index (χ2v) is 5.22. The topological polar surface area (TPSA) is 50.9 Å². The third-order valence-corrected chi connectivity index (χ3v) is 3.74. The Labute approximate surface area is 107 Å². The zero-order chi connectivity index (χ0) is 11.9. The molecular formula is C12H12BrN3O. The van der Waals surface area contributed by atoms with Gasteiger partial charge in [0.2, 0.25) is 0 Å². The van der Waals surface area contributed by atoms with Gasteiger partial charge in [0, 0.05) is 10.7 Å². The van der Waals surface area contributed by atoms with Gasteiger partial charge in [-0.25, -0.2) is 4.98 Å². The Kier molecular flexibility index (Phi) is 2.52. The first kappa shape index (κ1) is 10.9. The minimum absolute atomic E-state index is 0.0122. The maximum absolute atomic E-state index is 9.30. The Morgan fingerprint density at radius 1 is 1.35 bits per heavy atom. The molecule has 88 valence electrons. The van der Waals surface area contributed by atoms with Crippen LogP contribution >= 0.6 is 15.9 Å². The van der Waals surface area contributed by atoms with Crippen molar-refractivity contribution in [3.63, 3.8) is 0 Å². The second kappa shape index (κ2) is 3.92. The van der Waals surface area contributed by atoms with Crippen LogP contribution in [0, 0.1) is 0 Å². The van der Waals surface area contributed by atoms with Crippen LogP contribution < -0.4 is 0 Å². The number of hydrogen-bond donors (Lipinski definition) is 1. The lowest BCUT2D eigenvalue weighted by atomic mass is 10.1. The smallest absolute Gasteiger partial charge is 0.0957 e. The monoisotopic (exact) mass is 293 g/mol. The van der Waals surface area contributed by atoms with Gasteiger partial charge < -0.3 is 9.67 Å². The molecule has 0 aliphatic heterocycles. The number of pyridine rings is 1. The van der Waals surface area contributed by atoms with Crippen molar-refractivity contribution in [3.05, 3.63) is 46.7 Å². The van der Waals surface area contributed by atoms with Crippen LogP contribution in [0.3, 0.4) is 0 Å². The number of aliphatic hydroxyl groups excluding tert-OH is 1. The van der Waals surface area contributed by atoms with Crippen molar-refractivity contribution in [2.75, 3.05) is 0 Å². The molecule has 0 aromatic carbocycles. The molecule has 4 nitrogen and oxygen atoms in total. The molecule has 1 N–H and O–H groups in total. The van der Waals surface area contributed by atoms with Crippen molar-refractivity contribution in [1.29, 1.82) is 0 Å². The fraction of sp³-hybridized carbons (Fsp3) is 0.333. The van der Waals surface area contributed by atoms with E-state index in [0.717, 1.165) is 28.7 Å². The third kappa shape index (κ3) is 1.70. The minimum atomic E-state index is -0.0880. The summed E-state index contributed by atoms with van der Waals surface area (Å²) in [6.45, 7) is 0.0122. The van der Waals surface area contributed by atoms with Crippen molar-refractivity contribution in [2.45, 2.75) is 25.0 Å². The molecule has 17 heavy (non-hydrogen) atoms. The van der Waals surface area contributed by atoms with Gasteiger partial charge in [-0.1, -0.05) is 0 Å². The van der Waals surface area contributed by atoms with E-state index >= 15 is 0 Å².